The van der Waals surface area contributed by atoms with Crippen LogP contribution < -0.4 is 16.0 Å². The van der Waals surface area contributed by atoms with Gasteiger partial charge in [0, 0.05) is 38.2 Å². The van der Waals surface area contributed by atoms with E-state index in [-0.39, 0.29) is 5.91 Å². The summed E-state index contributed by atoms with van der Waals surface area (Å²) in [6.07, 6.45) is 0.485. The summed E-state index contributed by atoms with van der Waals surface area (Å²) < 4.78 is 0. The van der Waals surface area contributed by atoms with Gasteiger partial charge in [-0.3, -0.25) is 4.79 Å². The summed E-state index contributed by atoms with van der Waals surface area (Å²) in [5.41, 5.74) is 8.84. The highest BCUT2D eigenvalue weighted by molar-refractivity contribution is 5.77. The maximum absolute atomic E-state index is 11.3. The number of nitrogens with two attached hydrogens (primary N) is 1. The summed E-state index contributed by atoms with van der Waals surface area (Å²) in [5, 5.41) is 11.3. The average molecular weight is 249 g/mol. The van der Waals surface area contributed by atoms with Crippen LogP contribution in [-0.2, 0) is 11.3 Å². The number of carbonyl (C=O) groups is 1. The lowest BCUT2D eigenvalue weighted by atomic mass is 10.1. The smallest absolute Gasteiger partial charge is 0.221 e. The molecule has 1 aromatic rings. The fraction of sp³-hybridized carbons (Fsp3) is 0.583. The van der Waals surface area contributed by atoms with Gasteiger partial charge in [0.15, 0.2) is 5.82 Å². The summed E-state index contributed by atoms with van der Waals surface area (Å²) in [5.74, 6) is 0.903. The highest BCUT2D eigenvalue weighted by Gasteiger charge is 2.19. The second-order valence-corrected chi connectivity index (χ2v) is 4.50. The zero-order chi connectivity index (χ0) is 13.1. The predicted octanol–water partition coefficient (Wildman–Crippen LogP) is -0.122. The summed E-state index contributed by atoms with van der Waals surface area (Å²) in [6, 6.07) is 0. The molecule has 3 N–H and O–H groups in total. The normalized spacial score (nSPS) is 16.4. The van der Waals surface area contributed by atoms with E-state index >= 15 is 0 Å². The second-order valence-electron chi connectivity index (χ2n) is 4.50. The minimum absolute atomic E-state index is 0.0867. The summed E-state index contributed by atoms with van der Waals surface area (Å²) in [6.45, 7) is 6.43. The lowest BCUT2D eigenvalue weighted by Crippen LogP contribution is -2.31. The minimum atomic E-state index is 0.0867. The SMILES string of the molecule is Cc1nnc(N2CCNC(=O)CC2)c(CN)c1C. The molecular formula is C12H19N5O. The molecule has 0 aromatic carbocycles. The highest BCUT2D eigenvalue weighted by atomic mass is 16.1. The molecule has 0 bridgehead atoms. The molecule has 1 saturated heterocycles. The van der Waals surface area contributed by atoms with Crippen LogP contribution in [0.3, 0.4) is 0 Å². The standard InChI is InChI=1S/C12H19N5O/c1-8-9(2)15-16-12(10(8)7-13)17-5-3-11(18)14-4-6-17/h3-7,13H2,1-2H3,(H,14,18). The molecule has 2 rings (SSSR count). The van der Waals surface area contributed by atoms with Gasteiger partial charge in [-0.1, -0.05) is 0 Å². The van der Waals surface area contributed by atoms with Gasteiger partial charge in [-0.25, -0.2) is 0 Å². The Balaban J connectivity index is 2.32. The zero-order valence-corrected chi connectivity index (χ0v) is 10.9. The van der Waals surface area contributed by atoms with Crippen molar-refractivity contribution >= 4 is 11.7 Å². The molecule has 1 fully saturated rings. The van der Waals surface area contributed by atoms with Crippen LogP contribution in [0.1, 0.15) is 23.2 Å². The van der Waals surface area contributed by atoms with Gasteiger partial charge in [-0.2, -0.15) is 5.10 Å². The fourth-order valence-corrected chi connectivity index (χ4v) is 2.12. The third-order valence-corrected chi connectivity index (χ3v) is 3.38. The molecule has 0 radical (unpaired) electrons. The molecule has 1 amide bonds. The quantitative estimate of drug-likeness (QED) is 0.763. The number of amides is 1. The summed E-state index contributed by atoms with van der Waals surface area (Å²) in [4.78, 5) is 13.4. The lowest BCUT2D eigenvalue weighted by molar-refractivity contribution is -0.120. The monoisotopic (exact) mass is 249 g/mol. The van der Waals surface area contributed by atoms with Gasteiger partial charge in [0.25, 0.3) is 0 Å². The molecular weight excluding hydrogens is 230 g/mol. The topological polar surface area (TPSA) is 84.1 Å². The third-order valence-electron chi connectivity index (χ3n) is 3.38. The first kappa shape index (κ1) is 12.8. The van der Waals surface area contributed by atoms with Gasteiger partial charge < -0.3 is 16.0 Å². The van der Waals surface area contributed by atoms with E-state index in [1.54, 1.807) is 0 Å². The molecule has 98 valence electrons. The van der Waals surface area contributed by atoms with Gasteiger partial charge in [0.2, 0.25) is 5.91 Å². The molecule has 0 spiro atoms. The van der Waals surface area contributed by atoms with Crippen LogP contribution in [0.15, 0.2) is 0 Å². The van der Waals surface area contributed by atoms with E-state index in [0.717, 1.165) is 29.2 Å². The molecule has 6 nitrogen and oxygen atoms in total. The number of rotatable bonds is 2. The molecule has 1 aromatic heterocycles. The van der Waals surface area contributed by atoms with Crippen LogP contribution in [-0.4, -0.2) is 35.7 Å². The highest BCUT2D eigenvalue weighted by Crippen LogP contribution is 2.22. The average Bonchev–Trinajstić information content (AvgIpc) is 2.57. The van der Waals surface area contributed by atoms with Crippen molar-refractivity contribution in [1.82, 2.24) is 15.5 Å². The van der Waals surface area contributed by atoms with Crippen molar-refractivity contribution in [3.8, 4) is 0 Å². The Hall–Kier alpha value is -1.69. The molecule has 1 aliphatic heterocycles. The van der Waals surface area contributed by atoms with E-state index in [2.05, 4.69) is 20.4 Å². The second kappa shape index (κ2) is 5.30. The molecule has 0 aliphatic carbocycles. The predicted molar refractivity (Wildman–Crippen MR) is 69.2 cm³/mol. The molecule has 6 heteroatoms. The number of hydrogen-bond donors (Lipinski definition) is 2. The number of carbonyl (C=O) groups excluding carboxylic acids is 1. The van der Waals surface area contributed by atoms with Crippen molar-refractivity contribution in [3.63, 3.8) is 0 Å². The Kier molecular flexibility index (Phi) is 3.76. The molecule has 1 aliphatic rings. The number of aromatic nitrogens is 2. The Bertz CT molecular complexity index is 460. The van der Waals surface area contributed by atoms with E-state index in [1.165, 1.54) is 0 Å². The van der Waals surface area contributed by atoms with Crippen LogP contribution in [0.5, 0.6) is 0 Å². The Morgan fingerprint density at radius 3 is 2.83 bits per heavy atom. The van der Waals surface area contributed by atoms with Crippen LogP contribution in [0.2, 0.25) is 0 Å². The summed E-state index contributed by atoms with van der Waals surface area (Å²) >= 11 is 0. The zero-order valence-electron chi connectivity index (χ0n) is 10.9. The van der Waals surface area contributed by atoms with Gasteiger partial charge in [-0.15, -0.1) is 5.10 Å². The minimum Gasteiger partial charge on any atom is -0.354 e. The lowest BCUT2D eigenvalue weighted by Gasteiger charge is -2.23. The first-order valence-corrected chi connectivity index (χ1v) is 6.18. The number of hydrogen-bond acceptors (Lipinski definition) is 5. The molecule has 18 heavy (non-hydrogen) atoms. The third kappa shape index (κ3) is 2.43. The van der Waals surface area contributed by atoms with Crippen molar-refractivity contribution in [2.24, 2.45) is 5.73 Å². The van der Waals surface area contributed by atoms with Crippen LogP contribution in [0.25, 0.3) is 0 Å². The van der Waals surface area contributed by atoms with Gasteiger partial charge in [0.1, 0.15) is 0 Å². The van der Waals surface area contributed by atoms with Crippen LogP contribution in [0.4, 0.5) is 5.82 Å². The van der Waals surface area contributed by atoms with Crippen molar-refractivity contribution < 1.29 is 4.79 Å². The van der Waals surface area contributed by atoms with Gasteiger partial charge in [-0.05, 0) is 19.4 Å². The Labute approximate surface area is 107 Å². The largest absolute Gasteiger partial charge is 0.354 e. The van der Waals surface area contributed by atoms with Crippen LogP contribution >= 0.6 is 0 Å². The molecule has 0 unspecified atom stereocenters. The number of nitrogens with one attached hydrogen (secondary N) is 1. The Morgan fingerprint density at radius 2 is 2.11 bits per heavy atom. The van der Waals surface area contributed by atoms with Crippen LogP contribution in [0, 0.1) is 13.8 Å². The number of aryl methyl sites for hydroxylation is 1. The van der Waals surface area contributed by atoms with E-state index in [9.17, 15) is 4.79 Å². The van der Waals surface area contributed by atoms with E-state index < -0.39 is 0 Å². The molecule has 2 heterocycles. The number of anilines is 1. The van der Waals surface area contributed by atoms with Crippen molar-refractivity contribution in [1.29, 1.82) is 0 Å². The van der Waals surface area contributed by atoms with E-state index in [4.69, 9.17) is 5.73 Å². The van der Waals surface area contributed by atoms with Crippen molar-refractivity contribution in [3.05, 3.63) is 16.8 Å². The first-order chi connectivity index (χ1) is 8.63. The fourth-order valence-electron chi connectivity index (χ4n) is 2.12. The van der Waals surface area contributed by atoms with Crippen molar-refractivity contribution in [2.75, 3.05) is 24.5 Å². The molecule has 0 saturated carbocycles. The van der Waals surface area contributed by atoms with Gasteiger partial charge >= 0.3 is 0 Å². The van der Waals surface area contributed by atoms with E-state index in [0.29, 0.717) is 26.1 Å². The Morgan fingerprint density at radius 1 is 1.33 bits per heavy atom. The summed E-state index contributed by atoms with van der Waals surface area (Å²) in [7, 11) is 0. The molecule has 0 atom stereocenters. The van der Waals surface area contributed by atoms with Gasteiger partial charge in [0.05, 0.1) is 5.69 Å². The maximum Gasteiger partial charge on any atom is 0.221 e. The number of nitrogens with zero attached hydrogens (tertiary/aromatic N) is 3. The first-order valence-electron chi connectivity index (χ1n) is 6.18. The van der Waals surface area contributed by atoms with Crippen molar-refractivity contribution in [2.45, 2.75) is 26.8 Å². The maximum atomic E-state index is 11.3. The van der Waals surface area contributed by atoms with E-state index in [1.807, 2.05) is 13.8 Å².